The van der Waals surface area contributed by atoms with E-state index in [1.807, 2.05) is 19.1 Å². The van der Waals surface area contributed by atoms with Crippen LogP contribution in [0.2, 0.25) is 0 Å². The number of halogens is 5. The minimum absolute atomic E-state index is 0.0779. The molecule has 1 aromatic heterocycles. The topological polar surface area (TPSA) is 35.0 Å². The largest absolute Gasteiger partial charge is 0.486 e. The van der Waals surface area contributed by atoms with Gasteiger partial charge in [-0.25, -0.2) is 31.9 Å². The van der Waals surface area contributed by atoms with Crippen LogP contribution >= 0.6 is 0 Å². The molecule has 4 rings (SSSR count). The van der Waals surface area contributed by atoms with Gasteiger partial charge in [0.05, 0.1) is 18.0 Å². The summed E-state index contributed by atoms with van der Waals surface area (Å²) in [5.74, 6) is 0.137. The SMILES string of the molecule is C/C=C/COc1cnc(CCc2cc(F)c(C#Cc3ccc4c(F)c(F)c(F)cc4c3)c(F)c2)nc1. The average Bonchev–Trinajstić information content (AvgIpc) is 2.86. The van der Waals surface area contributed by atoms with Crippen LogP contribution in [0.4, 0.5) is 22.0 Å². The van der Waals surface area contributed by atoms with Gasteiger partial charge in [0.15, 0.2) is 23.2 Å². The molecule has 0 atom stereocenters. The van der Waals surface area contributed by atoms with Crippen LogP contribution < -0.4 is 4.74 Å². The lowest BCUT2D eigenvalue weighted by Gasteiger charge is -2.06. The maximum absolute atomic E-state index is 14.6. The first kappa shape index (κ1) is 24.9. The first-order valence-electron chi connectivity index (χ1n) is 11.0. The third-order valence-electron chi connectivity index (χ3n) is 5.31. The summed E-state index contributed by atoms with van der Waals surface area (Å²) in [6.07, 6.45) is 7.46. The molecule has 4 aromatic rings. The molecule has 0 aliphatic carbocycles. The summed E-state index contributed by atoms with van der Waals surface area (Å²) >= 11 is 0. The Morgan fingerprint density at radius 1 is 0.833 bits per heavy atom. The van der Waals surface area contributed by atoms with Crippen molar-refractivity contribution in [3.05, 3.63) is 113 Å². The van der Waals surface area contributed by atoms with E-state index in [4.69, 9.17) is 4.74 Å². The zero-order valence-corrected chi connectivity index (χ0v) is 19.1. The molecular formula is C28H19F5N2O. The van der Waals surface area contributed by atoms with E-state index in [0.29, 0.717) is 36.6 Å². The van der Waals surface area contributed by atoms with Gasteiger partial charge in [-0.15, -0.1) is 0 Å². The molecule has 0 saturated heterocycles. The van der Waals surface area contributed by atoms with Crippen molar-refractivity contribution in [2.24, 2.45) is 0 Å². The summed E-state index contributed by atoms with van der Waals surface area (Å²) in [7, 11) is 0. The first-order valence-corrected chi connectivity index (χ1v) is 11.0. The molecule has 0 radical (unpaired) electrons. The van der Waals surface area contributed by atoms with Crippen LogP contribution in [0, 0.1) is 40.9 Å². The molecule has 182 valence electrons. The van der Waals surface area contributed by atoms with Crippen molar-refractivity contribution >= 4 is 10.8 Å². The molecule has 0 spiro atoms. The number of fused-ring (bicyclic) bond motifs is 1. The van der Waals surface area contributed by atoms with Gasteiger partial charge in [-0.05, 0) is 54.6 Å². The monoisotopic (exact) mass is 494 g/mol. The second-order valence-corrected chi connectivity index (χ2v) is 7.82. The van der Waals surface area contributed by atoms with E-state index < -0.39 is 34.6 Å². The molecular weight excluding hydrogens is 475 g/mol. The molecule has 3 aromatic carbocycles. The van der Waals surface area contributed by atoms with Crippen LogP contribution in [0.1, 0.15) is 29.4 Å². The Bertz CT molecular complexity index is 1480. The van der Waals surface area contributed by atoms with Gasteiger partial charge in [0.1, 0.15) is 24.1 Å². The maximum Gasteiger partial charge on any atom is 0.195 e. The quantitative estimate of drug-likeness (QED) is 0.133. The molecule has 0 fully saturated rings. The molecule has 3 nitrogen and oxygen atoms in total. The molecule has 0 aliphatic rings. The Hall–Kier alpha value is -4.25. The predicted octanol–water partition coefficient (Wildman–Crippen LogP) is 6.47. The predicted molar refractivity (Wildman–Crippen MR) is 126 cm³/mol. The third kappa shape index (κ3) is 5.69. The second-order valence-electron chi connectivity index (χ2n) is 7.82. The molecule has 36 heavy (non-hydrogen) atoms. The van der Waals surface area contributed by atoms with Gasteiger partial charge in [-0.2, -0.15) is 0 Å². The van der Waals surface area contributed by atoms with E-state index in [-0.39, 0.29) is 16.3 Å². The third-order valence-corrected chi connectivity index (χ3v) is 5.31. The fourth-order valence-electron chi connectivity index (χ4n) is 3.45. The lowest BCUT2D eigenvalue weighted by atomic mass is 10.0. The van der Waals surface area contributed by atoms with E-state index in [1.165, 1.54) is 42.7 Å². The average molecular weight is 494 g/mol. The normalized spacial score (nSPS) is 11.1. The maximum atomic E-state index is 14.6. The van der Waals surface area contributed by atoms with E-state index in [0.717, 1.165) is 6.07 Å². The van der Waals surface area contributed by atoms with Crippen molar-refractivity contribution in [3.63, 3.8) is 0 Å². The van der Waals surface area contributed by atoms with Crippen molar-refractivity contribution in [1.82, 2.24) is 9.97 Å². The highest BCUT2D eigenvalue weighted by Crippen LogP contribution is 2.24. The Balaban J connectivity index is 1.47. The standard InChI is InChI=1S/C28H19F5N2O/c1-2-3-10-36-20-15-34-26(35-16-20)9-6-18-12-23(29)22(24(30)13-18)8-5-17-4-7-21-19(11-17)14-25(31)28(33)27(21)32/h2-4,7,11-16H,6,9-10H2,1H3/b3-2+. The van der Waals surface area contributed by atoms with Crippen LogP contribution in [0.3, 0.4) is 0 Å². The van der Waals surface area contributed by atoms with Gasteiger partial charge in [-0.3, -0.25) is 0 Å². The van der Waals surface area contributed by atoms with Gasteiger partial charge in [-0.1, -0.05) is 30.1 Å². The van der Waals surface area contributed by atoms with Crippen molar-refractivity contribution in [3.8, 4) is 17.6 Å². The summed E-state index contributed by atoms with van der Waals surface area (Å²) in [6, 6.07) is 7.12. The van der Waals surface area contributed by atoms with Crippen LogP contribution in [-0.4, -0.2) is 16.6 Å². The number of nitrogens with zero attached hydrogens (tertiary/aromatic N) is 2. The fourth-order valence-corrected chi connectivity index (χ4v) is 3.45. The van der Waals surface area contributed by atoms with E-state index in [2.05, 4.69) is 21.8 Å². The number of hydrogen-bond donors (Lipinski definition) is 0. The second kappa shape index (κ2) is 11.0. The Labute approximate surface area is 204 Å². The smallest absolute Gasteiger partial charge is 0.195 e. The molecule has 0 N–H and O–H groups in total. The number of allylic oxidation sites excluding steroid dienone is 1. The summed E-state index contributed by atoms with van der Waals surface area (Å²) < 4.78 is 75.4. The lowest BCUT2D eigenvalue weighted by Crippen LogP contribution is -2.01. The van der Waals surface area contributed by atoms with E-state index in [9.17, 15) is 22.0 Å². The zero-order valence-electron chi connectivity index (χ0n) is 19.1. The van der Waals surface area contributed by atoms with Crippen molar-refractivity contribution in [2.45, 2.75) is 19.8 Å². The highest BCUT2D eigenvalue weighted by molar-refractivity contribution is 5.84. The summed E-state index contributed by atoms with van der Waals surface area (Å²) in [5, 5.41) is -0.0462. The van der Waals surface area contributed by atoms with Crippen LogP contribution in [-0.2, 0) is 12.8 Å². The number of rotatable bonds is 6. The molecule has 0 amide bonds. The Morgan fingerprint density at radius 3 is 2.25 bits per heavy atom. The van der Waals surface area contributed by atoms with Gasteiger partial charge < -0.3 is 4.74 Å². The molecule has 0 aliphatic heterocycles. The number of hydrogen-bond acceptors (Lipinski definition) is 3. The molecule has 0 saturated carbocycles. The van der Waals surface area contributed by atoms with E-state index >= 15 is 0 Å². The Morgan fingerprint density at radius 2 is 1.56 bits per heavy atom. The number of aromatic nitrogens is 2. The van der Waals surface area contributed by atoms with Crippen molar-refractivity contribution in [2.75, 3.05) is 6.61 Å². The number of aryl methyl sites for hydroxylation is 2. The Kier molecular flexibility index (Phi) is 7.59. The first-order chi connectivity index (χ1) is 17.4. The lowest BCUT2D eigenvalue weighted by molar-refractivity contribution is 0.359. The summed E-state index contributed by atoms with van der Waals surface area (Å²) in [4.78, 5) is 8.39. The summed E-state index contributed by atoms with van der Waals surface area (Å²) in [6.45, 7) is 2.29. The minimum Gasteiger partial charge on any atom is -0.486 e. The van der Waals surface area contributed by atoms with Crippen molar-refractivity contribution in [1.29, 1.82) is 0 Å². The summed E-state index contributed by atoms with van der Waals surface area (Å²) in [5.41, 5.74) is 0.228. The number of benzene rings is 3. The molecule has 0 bridgehead atoms. The van der Waals surface area contributed by atoms with Crippen LogP contribution in [0.5, 0.6) is 5.75 Å². The van der Waals surface area contributed by atoms with Gasteiger partial charge >= 0.3 is 0 Å². The van der Waals surface area contributed by atoms with Gasteiger partial charge in [0, 0.05) is 17.4 Å². The fraction of sp³-hybridized carbons (Fsp3) is 0.143. The number of ether oxygens (including phenoxy) is 1. The zero-order chi connectivity index (χ0) is 25.7. The van der Waals surface area contributed by atoms with Gasteiger partial charge in [0.25, 0.3) is 0 Å². The highest BCUT2D eigenvalue weighted by atomic mass is 19.2. The van der Waals surface area contributed by atoms with E-state index in [1.54, 1.807) is 0 Å². The minimum atomic E-state index is -1.57. The van der Waals surface area contributed by atoms with Crippen LogP contribution in [0.25, 0.3) is 10.8 Å². The van der Waals surface area contributed by atoms with Crippen LogP contribution in [0.15, 0.2) is 60.9 Å². The highest BCUT2D eigenvalue weighted by Gasteiger charge is 2.14. The molecule has 0 unspecified atom stereocenters. The van der Waals surface area contributed by atoms with Gasteiger partial charge in [0.2, 0.25) is 0 Å². The molecule has 8 heteroatoms. The molecule has 1 heterocycles. The van der Waals surface area contributed by atoms with Crippen molar-refractivity contribution < 1.29 is 26.7 Å².